The number of anilines is 1. The van der Waals surface area contributed by atoms with Crippen LogP contribution in [-0.2, 0) is 24.2 Å². The maximum absolute atomic E-state index is 12.3. The zero-order valence-electron chi connectivity index (χ0n) is 14.7. The first-order chi connectivity index (χ1) is 12.6. The molecule has 7 heteroatoms. The highest BCUT2D eigenvalue weighted by molar-refractivity contribution is 5.90. The van der Waals surface area contributed by atoms with Gasteiger partial charge in [-0.05, 0) is 30.2 Å². The van der Waals surface area contributed by atoms with E-state index in [9.17, 15) is 9.59 Å². The minimum atomic E-state index is -0.280. The Labute approximate surface area is 150 Å². The second kappa shape index (κ2) is 7.77. The third-order valence-electron chi connectivity index (χ3n) is 3.93. The zero-order valence-corrected chi connectivity index (χ0v) is 14.7. The molecule has 0 aliphatic heterocycles. The topological polar surface area (TPSA) is 90.0 Å². The number of aromatic nitrogens is 3. The number of benzene rings is 1. The van der Waals surface area contributed by atoms with Gasteiger partial charge in [0.1, 0.15) is 6.54 Å². The highest BCUT2D eigenvalue weighted by atomic mass is 16.4. The molecule has 2 heterocycles. The van der Waals surface area contributed by atoms with Gasteiger partial charge in [-0.3, -0.25) is 9.59 Å². The first kappa shape index (κ1) is 17.6. The molecule has 0 saturated carbocycles. The zero-order chi connectivity index (χ0) is 18.5. The van der Waals surface area contributed by atoms with Crippen molar-refractivity contribution in [3.8, 4) is 11.5 Å². The average molecular weight is 352 g/mol. The number of carbonyl (C=O) groups excluding carboxylic acids is 1. The van der Waals surface area contributed by atoms with Gasteiger partial charge in [-0.15, -0.1) is 10.2 Å². The van der Waals surface area contributed by atoms with Gasteiger partial charge in [0.05, 0.1) is 5.56 Å². The van der Waals surface area contributed by atoms with E-state index < -0.39 is 0 Å². The molecule has 3 rings (SSSR count). The number of rotatable bonds is 6. The smallest absolute Gasteiger partial charge is 0.251 e. The van der Waals surface area contributed by atoms with Crippen molar-refractivity contribution in [1.29, 1.82) is 0 Å². The van der Waals surface area contributed by atoms with Crippen molar-refractivity contribution in [2.45, 2.75) is 33.2 Å². The first-order valence-electron chi connectivity index (χ1n) is 8.51. The number of nitrogens with zero attached hydrogens (tertiary/aromatic N) is 3. The van der Waals surface area contributed by atoms with Gasteiger partial charge in [0.25, 0.3) is 5.56 Å². The highest BCUT2D eigenvalue weighted by Crippen LogP contribution is 2.16. The van der Waals surface area contributed by atoms with Crippen LogP contribution in [0.3, 0.4) is 0 Å². The predicted molar refractivity (Wildman–Crippen MR) is 97.8 cm³/mol. The largest absolute Gasteiger partial charge is 0.421 e. The van der Waals surface area contributed by atoms with Crippen molar-refractivity contribution in [3.05, 3.63) is 64.4 Å². The van der Waals surface area contributed by atoms with Crippen LogP contribution >= 0.6 is 0 Å². The van der Waals surface area contributed by atoms with E-state index >= 15 is 0 Å². The lowest BCUT2D eigenvalue weighted by Crippen LogP contribution is -2.26. The summed E-state index contributed by atoms with van der Waals surface area (Å²) in [6, 6.07) is 10.6. The molecule has 0 fully saturated rings. The summed E-state index contributed by atoms with van der Waals surface area (Å²) in [6.45, 7) is 3.86. The molecule has 1 N–H and O–H groups in total. The molecule has 0 spiro atoms. The lowest BCUT2D eigenvalue weighted by Gasteiger charge is -2.09. The minimum absolute atomic E-state index is 0.0994. The molecule has 0 atom stereocenters. The molecule has 0 unspecified atom stereocenters. The molecular formula is C19H20N4O3. The molecule has 2 aromatic heterocycles. The van der Waals surface area contributed by atoms with Crippen LogP contribution in [0.5, 0.6) is 0 Å². The van der Waals surface area contributed by atoms with Crippen molar-refractivity contribution in [2.24, 2.45) is 0 Å². The van der Waals surface area contributed by atoms with E-state index in [1.54, 1.807) is 12.3 Å². The maximum atomic E-state index is 12.3. The Balaban J connectivity index is 1.77. The Morgan fingerprint density at radius 2 is 2.00 bits per heavy atom. The van der Waals surface area contributed by atoms with Crippen LogP contribution in [0.25, 0.3) is 11.5 Å². The number of nitrogens with one attached hydrogen (secondary N) is 1. The fourth-order valence-corrected chi connectivity index (χ4v) is 2.52. The summed E-state index contributed by atoms with van der Waals surface area (Å²) in [6.07, 6.45) is 3.07. The summed E-state index contributed by atoms with van der Waals surface area (Å²) in [5.74, 6) is 0.565. The van der Waals surface area contributed by atoms with Crippen LogP contribution in [0.1, 0.15) is 25.3 Å². The van der Waals surface area contributed by atoms with Crippen LogP contribution in [0.15, 0.2) is 51.8 Å². The van der Waals surface area contributed by atoms with Crippen LogP contribution in [0, 0.1) is 0 Å². The number of hydrogen-bond acceptors (Lipinski definition) is 5. The quantitative estimate of drug-likeness (QED) is 0.736. The summed E-state index contributed by atoms with van der Waals surface area (Å²) in [4.78, 5) is 24.4. The molecule has 0 aliphatic carbocycles. The van der Waals surface area contributed by atoms with E-state index in [1.165, 1.54) is 10.6 Å². The van der Waals surface area contributed by atoms with Gasteiger partial charge in [0.2, 0.25) is 17.7 Å². The summed E-state index contributed by atoms with van der Waals surface area (Å²) < 4.78 is 6.83. The monoisotopic (exact) mass is 352 g/mol. The number of pyridine rings is 1. The SMILES string of the molecule is CCc1cccc(NC(=O)Cn2cc(-c3nnc(CC)o3)ccc2=O)c1. The summed E-state index contributed by atoms with van der Waals surface area (Å²) >= 11 is 0. The standard InChI is InChI=1S/C19H20N4O3/c1-3-13-6-5-7-15(10-13)20-16(24)12-23-11-14(8-9-18(23)25)19-22-21-17(4-2)26-19/h5-11H,3-4,12H2,1-2H3,(H,20,24). The van der Waals surface area contributed by atoms with Gasteiger partial charge < -0.3 is 14.3 Å². The number of carbonyl (C=O) groups is 1. The van der Waals surface area contributed by atoms with E-state index in [4.69, 9.17) is 4.42 Å². The van der Waals surface area contributed by atoms with Gasteiger partial charge in [0.15, 0.2) is 0 Å². The maximum Gasteiger partial charge on any atom is 0.251 e. The molecule has 0 saturated heterocycles. The molecule has 1 aromatic carbocycles. The van der Waals surface area contributed by atoms with E-state index in [2.05, 4.69) is 15.5 Å². The van der Waals surface area contributed by atoms with Crippen molar-refractivity contribution in [3.63, 3.8) is 0 Å². The normalized spacial score (nSPS) is 10.7. The molecule has 7 nitrogen and oxygen atoms in total. The van der Waals surface area contributed by atoms with Crippen LogP contribution in [0.2, 0.25) is 0 Å². The lowest BCUT2D eigenvalue weighted by atomic mass is 10.1. The number of aryl methyl sites for hydroxylation is 2. The van der Waals surface area contributed by atoms with Gasteiger partial charge >= 0.3 is 0 Å². The molecule has 0 bridgehead atoms. The fourth-order valence-electron chi connectivity index (χ4n) is 2.52. The van der Waals surface area contributed by atoms with E-state index in [0.717, 1.165) is 12.0 Å². The Kier molecular flexibility index (Phi) is 5.26. The molecule has 134 valence electrons. The Morgan fingerprint density at radius 3 is 2.73 bits per heavy atom. The van der Waals surface area contributed by atoms with E-state index in [0.29, 0.717) is 29.5 Å². The van der Waals surface area contributed by atoms with Crippen molar-refractivity contribution >= 4 is 11.6 Å². The summed E-state index contributed by atoms with van der Waals surface area (Å²) in [5, 5.41) is 10.7. The van der Waals surface area contributed by atoms with Gasteiger partial charge in [-0.1, -0.05) is 26.0 Å². The van der Waals surface area contributed by atoms with Crippen molar-refractivity contribution < 1.29 is 9.21 Å². The molecule has 3 aromatic rings. The first-order valence-corrected chi connectivity index (χ1v) is 8.51. The fraction of sp³-hybridized carbons (Fsp3) is 0.263. The highest BCUT2D eigenvalue weighted by Gasteiger charge is 2.11. The average Bonchev–Trinajstić information content (AvgIpc) is 3.13. The number of amides is 1. The molecule has 26 heavy (non-hydrogen) atoms. The second-order valence-corrected chi connectivity index (χ2v) is 5.84. The van der Waals surface area contributed by atoms with Crippen LogP contribution in [-0.4, -0.2) is 20.7 Å². The Bertz CT molecular complexity index is 975. The second-order valence-electron chi connectivity index (χ2n) is 5.84. The predicted octanol–water partition coefficient (Wildman–Crippen LogP) is 2.66. The van der Waals surface area contributed by atoms with Crippen LogP contribution < -0.4 is 10.9 Å². The van der Waals surface area contributed by atoms with E-state index in [-0.39, 0.29) is 18.0 Å². The molecule has 0 aliphatic rings. The van der Waals surface area contributed by atoms with Gasteiger partial charge in [0, 0.05) is 24.4 Å². The minimum Gasteiger partial charge on any atom is -0.421 e. The molecule has 1 amide bonds. The van der Waals surface area contributed by atoms with Gasteiger partial charge in [-0.2, -0.15) is 0 Å². The summed E-state index contributed by atoms with van der Waals surface area (Å²) in [5.41, 5.74) is 2.16. The van der Waals surface area contributed by atoms with E-state index in [1.807, 2.05) is 38.1 Å². The lowest BCUT2D eigenvalue weighted by molar-refractivity contribution is -0.116. The Hall–Kier alpha value is -3.22. The third kappa shape index (κ3) is 4.05. The molecule has 0 radical (unpaired) electrons. The Morgan fingerprint density at radius 1 is 1.15 bits per heavy atom. The summed E-state index contributed by atoms with van der Waals surface area (Å²) in [7, 11) is 0. The van der Waals surface area contributed by atoms with Gasteiger partial charge in [-0.25, -0.2) is 0 Å². The van der Waals surface area contributed by atoms with Crippen LogP contribution in [0.4, 0.5) is 5.69 Å². The van der Waals surface area contributed by atoms with Crippen molar-refractivity contribution in [2.75, 3.05) is 5.32 Å². The third-order valence-corrected chi connectivity index (χ3v) is 3.93. The number of hydrogen-bond donors (Lipinski definition) is 1. The van der Waals surface area contributed by atoms with Crippen molar-refractivity contribution in [1.82, 2.24) is 14.8 Å². The molecular weight excluding hydrogens is 332 g/mol.